The molecule has 0 radical (unpaired) electrons. The predicted octanol–water partition coefficient (Wildman–Crippen LogP) is 7.50. The summed E-state index contributed by atoms with van der Waals surface area (Å²) in [6, 6.07) is 2.09. The number of hydrogen-bond donors (Lipinski definition) is 0. The highest BCUT2D eigenvalue weighted by Crippen LogP contribution is 2.21. The van der Waals surface area contributed by atoms with E-state index in [0.29, 0.717) is 5.88 Å². The van der Waals surface area contributed by atoms with Gasteiger partial charge in [-0.2, -0.15) is 0 Å². The van der Waals surface area contributed by atoms with Gasteiger partial charge in [-0.25, -0.2) is 0 Å². The number of hydrogen-bond acceptors (Lipinski definition) is 0. The Labute approximate surface area is 153 Å². The first-order valence-corrected chi connectivity index (χ1v) is 15.7. The summed E-state index contributed by atoms with van der Waals surface area (Å²) in [6.07, 6.45) is 3.78. The van der Waals surface area contributed by atoms with E-state index in [1.807, 2.05) is 13.5 Å². The van der Waals surface area contributed by atoms with Crippen LogP contribution in [0.2, 0.25) is 25.2 Å². The Kier molecular flexibility index (Phi) is 21.8. The van der Waals surface area contributed by atoms with Crippen molar-refractivity contribution < 1.29 is 0 Å². The fraction of sp³-hybridized carbons (Fsp3) is 0.600. The summed E-state index contributed by atoms with van der Waals surface area (Å²) in [4.78, 5) is 0. The molecule has 0 nitrogen and oxygen atoms in total. The Morgan fingerprint density at radius 3 is 1.38 bits per heavy atom. The van der Waals surface area contributed by atoms with E-state index < -0.39 is 14.8 Å². The van der Waals surface area contributed by atoms with Crippen LogP contribution in [-0.4, -0.2) is 26.5 Å². The second-order valence-electron chi connectivity index (χ2n) is 4.98. The van der Waals surface area contributed by atoms with E-state index in [2.05, 4.69) is 37.7 Å². The highest BCUT2D eigenvalue weighted by Gasteiger charge is 2.19. The van der Waals surface area contributed by atoms with Gasteiger partial charge in [0.05, 0.1) is 8.07 Å². The van der Waals surface area contributed by atoms with Gasteiger partial charge in [0.15, 0.2) is 0 Å². The number of halogens is 4. The molecule has 6 heteroatoms. The van der Waals surface area contributed by atoms with Gasteiger partial charge in [-0.3, -0.25) is 0 Å². The largest absolute Gasteiger partial charge is 0.248 e. The summed E-state index contributed by atoms with van der Waals surface area (Å²) in [5, 5.41) is 0. The van der Waals surface area contributed by atoms with Crippen molar-refractivity contribution in [1.82, 2.24) is 0 Å². The summed E-state index contributed by atoms with van der Waals surface area (Å²) in [7, 11) is -1.27. The van der Waals surface area contributed by atoms with Gasteiger partial charge in [-0.15, -0.1) is 65.1 Å². The molecule has 0 heterocycles. The quantitative estimate of drug-likeness (QED) is 0.169. The van der Waals surface area contributed by atoms with Crippen molar-refractivity contribution in [3.8, 4) is 0 Å². The van der Waals surface area contributed by atoms with Crippen molar-refractivity contribution in [2.75, 3.05) is 11.8 Å². The molecular formula is C15H30Cl4Si2. The minimum atomic E-state index is -1.82. The summed E-state index contributed by atoms with van der Waals surface area (Å²) in [6.45, 7) is 15.2. The minimum absolute atomic E-state index is 0.669. The first kappa shape index (κ1) is 26.7. The molecule has 0 bridgehead atoms. The predicted molar refractivity (Wildman–Crippen MR) is 111 cm³/mol. The van der Waals surface area contributed by atoms with Crippen LogP contribution in [0.3, 0.4) is 0 Å². The molecule has 0 amide bonds. The van der Waals surface area contributed by atoms with Gasteiger partial charge in [-0.1, -0.05) is 24.0 Å². The average molecular weight is 408 g/mol. The summed E-state index contributed by atoms with van der Waals surface area (Å²) in [5.74, 6) is 1.42. The maximum Gasteiger partial charge on any atom is 0.248 e. The van der Waals surface area contributed by atoms with Crippen LogP contribution < -0.4 is 0 Å². The molecule has 21 heavy (non-hydrogen) atoms. The van der Waals surface area contributed by atoms with Crippen LogP contribution in [-0.2, 0) is 0 Å². The van der Waals surface area contributed by atoms with Crippen LogP contribution in [0.25, 0.3) is 0 Å². The molecule has 0 fully saturated rings. The highest BCUT2D eigenvalue weighted by molar-refractivity contribution is 7.44. The zero-order valence-electron chi connectivity index (χ0n) is 13.6. The standard InChI is InChI=1S/C8H15ClSi.C4H9Cl3Si.C3H6/c1-4-10(3,5-2)8-6-7-9;1-8(6,7)4-2-3-5;1-3-2/h4-5H,1-2,6-8H2,3H3;2-4H2,1H3;3H,1H2,2H3. The summed E-state index contributed by atoms with van der Waals surface area (Å²) < 4.78 is 0. The van der Waals surface area contributed by atoms with Crippen molar-refractivity contribution in [2.24, 2.45) is 0 Å². The third-order valence-corrected chi connectivity index (χ3v) is 8.73. The van der Waals surface area contributed by atoms with Gasteiger partial charge in [0.2, 0.25) is 6.69 Å². The molecule has 0 aliphatic rings. The van der Waals surface area contributed by atoms with Crippen molar-refractivity contribution in [2.45, 2.75) is 44.9 Å². The normalized spacial score (nSPS) is 10.4. The molecule has 0 aromatic heterocycles. The van der Waals surface area contributed by atoms with Gasteiger partial charge in [0, 0.05) is 11.8 Å². The Balaban J connectivity index is -0.000000264. The maximum atomic E-state index is 5.76. The molecule has 0 aliphatic heterocycles. The van der Waals surface area contributed by atoms with E-state index in [1.54, 1.807) is 6.08 Å². The first-order chi connectivity index (χ1) is 9.66. The van der Waals surface area contributed by atoms with Crippen LogP contribution in [0.4, 0.5) is 0 Å². The monoisotopic (exact) mass is 406 g/mol. The lowest BCUT2D eigenvalue weighted by molar-refractivity contribution is 1.07. The summed E-state index contributed by atoms with van der Waals surface area (Å²) in [5.41, 5.74) is 4.12. The molecule has 0 atom stereocenters. The molecule has 0 aliphatic carbocycles. The van der Waals surface area contributed by atoms with E-state index in [0.717, 1.165) is 24.8 Å². The fourth-order valence-electron chi connectivity index (χ4n) is 1.11. The lowest BCUT2D eigenvalue weighted by atomic mass is 10.6. The molecule has 0 rings (SSSR count). The zero-order chi connectivity index (χ0) is 17.4. The lowest BCUT2D eigenvalue weighted by Gasteiger charge is -2.16. The average Bonchev–Trinajstić information content (AvgIpc) is 2.43. The second kappa shape index (κ2) is 17.2. The van der Waals surface area contributed by atoms with E-state index >= 15 is 0 Å². The molecule has 0 saturated carbocycles. The molecule has 0 unspecified atom stereocenters. The fourth-order valence-corrected chi connectivity index (χ4v) is 4.94. The minimum Gasteiger partial charge on any atom is -0.146 e. The highest BCUT2D eigenvalue weighted by atomic mass is 35.7. The topological polar surface area (TPSA) is 0 Å². The smallest absolute Gasteiger partial charge is 0.146 e. The number of rotatable bonds is 8. The van der Waals surface area contributed by atoms with Crippen molar-refractivity contribution in [1.29, 1.82) is 0 Å². The van der Waals surface area contributed by atoms with Gasteiger partial charge < -0.3 is 0 Å². The van der Waals surface area contributed by atoms with Crippen molar-refractivity contribution in [3.63, 3.8) is 0 Å². The van der Waals surface area contributed by atoms with Gasteiger partial charge in [-0.05, 0) is 38.4 Å². The van der Waals surface area contributed by atoms with E-state index in [-0.39, 0.29) is 0 Å². The third-order valence-electron chi connectivity index (χ3n) is 2.53. The van der Waals surface area contributed by atoms with Crippen LogP contribution >= 0.6 is 45.4 Å². The van der Waals surface area contributed by atoms with Crippen LogP contribution in [0.5, 0.6) is 0 Å². The van der Waals surface area contributed by atoms with Crippen molar-refractivity contribution in [3.05, 3.63) is 37.2 Å². The number of alkyl halides is 2. The molecular weight excluding hydrogens is 378 g/mol. The lowest BCUT2D eigenvalue weighted by Crippen LogP contribution is -2.23. The Morgan fingerprint density at radius 1 is 0.857 bits per heavy atom. The van der Waals surface area contributed by atoms with Crippen LogP contribution in [0.1, 0.15) is 19.8 Å². The third kappa shape index (κ3) is 26.1. The summed E-state index contributed by atoms with van der Waals surface area (Å²) >= 11 is 22.5. The van der Waals surface area contributed by atoms with Crippen LogP contribution in [0.15, 0.2) is 37.2 Å². The van der Waals surface area contributed by atoms with E-state index in [4.69, 9.17) is 45.4 Å². The second-order valence-corrected chi connectivity index (χ2v) is 18.3. The van der Waals surface area contributed by atoms with Gasteiger partial charge in [0.1, 0.15) is 0 Å². The van der Waals surface area contributed by atoms with Gasteiger partial charge in [0.25, 0.3) is 0 Å². The van der Waals surface area contributed by atoms with E-state index in [9.17, 15) is 0 Å². The molecule has 0 aromatic rings. The molecule has 0 spiro atoms. The molecule has 0 N–H and O–H groups in total. The SMILES string of the molecule is C=CC.C=C[Si](C)(C=C)CCCCl.C[Si](Cl)(Cl)CCCCl. The van der Waals surface area contributed by atoms with Gasteiger partial charge >= 0.3 is 0 Å². The Morgan fingerprint density at radius 2 is 1.19 bits per heavy atom. The number of allylic oxidation sites excluding steroid dienone is 1. The van der Waals surface area contributed by atoms with Crippen molar-refractivity contribution >= 4 is 60.1 Å². The molecule has 0 saturated heterocycles. The zero-order valence-corrected chi connectivity index (χ0v) is 18.6. The maximum absolute atomic E-state index is 5.76. The van der Waals surface area contributed by atoms with Crippen LogP contribution in [0, 0.1) is 0 Å². The molecule has 126 valence electrons. The Hall–Kier alpha value is 0.814. The van der Waals surface area contributed by atoms with E-state index in [1.165, 1.54) is 6.04 Å². The Bertz CT molecular complexity index is 255. The molecule has 0 aromatic carbocycles. The first-order valence-electron chi connectivity index (χ1n) is 7.00.